The molecule has 98 valence electrons. The summed E-state index contributed by atoms with van der Waals surface area (Å²) in [5, 5.41) is 3.13. The van der Waals surface area contributed by atoms with Gasteiger partial charge in [-0.3, -0.25) is 4.79 Å². The van der Waals surface area contributed by atoms with Crippen LogP contribution in [0.15, 0.2) is 0 Å². The fourth-order valence-electron chi connectivity index (χ4n) is 3.25. The van der Waals surface area contributed by atoms with E-state index in [0.29, 0.717) is 5.92 Å². The summed E-state index contributed by atoms with van der Waals surface area (Å²) in [5.74, 6) is 1.00. The van der Waals surface area contributed by atoms with E-state index in [-0.39, 0.29) is 17.9 Å². The second kappa shape index (κ2) is 6.39. The normalized spacial score (nSPS) is 31.1. The van der Waals surface area contributed by atoms with Crippen LogP contribution in [0.5, 0.6) is 0 Å². The van der Waals surface area contributed by atoms with Crippen LogP contribution in [0.2, 0.25) is 0 Å². The van der Waals surface area contributed by atoms with E-state index in [1.165, 1.54) is 38.5 Å². The first-order chi connectivity index (χ1) is 8.27. The molecular weight excluding hydrogens is 212 g/mol. The maximum absolute atomic E-state index is 12.1. The Labute approximate surface area is 105 Å². The first kappa shape index (κ1) is 12.9. The number of rotatable bonds is 3. The number of hydrogen-bond acceptors (Lipinski definition) is 2. The monoisotopic (exact) mass is 238 g/mol. The predicted octanol–water partition coefficient (Wildman–Crippen LogP) is 2.20. The molecule has 0 aromatic heterocycles. The van der Waals surface area contributed by atoms with E-state index < -0.39 is 0 Å². The quantitative estimate of drug-likeness (QED) is 0.792. The van der Waals surface area contributed by atoms with Crippen molar-refractivity contribution >= 4 is 5.91 Å². The van der Waals surface area contributed by atoms with E-state index in [1.54, 1.807) is 0 Å². The van der Waals surface area contributed by atoms with Crippen molar-refractivity contribution in [3.63, 3.8) is 0 Å². The summed E-state index contributed by atoms with van der Waals surface area (Å²) < 4.78 is 0. The molecule has 0 saturated heterocycles. The number of carbonyl (C=O) groups is 1. The molecule has 3 heteroatoms. The molecule has 2 fully saturated rings. The highest BCUT2D eigenvalue weighted by Gasteiger charge is 2.28. The molecule has 0 aromatic carbocycles. The summed E-state index contributed by atoms with van der Waals surface area (Å²) in [6, 6.07) is 0.0927. The molecule has 3 N–H and O–H groups in total. The minimum Gasteiger partial charge on any atom is -0.356 e. The Hall–Kier alpha value is -0.570. The van der Waals surface area contributed by atoms with Gasteiger partial charge >= 0.3 is 0 Å². The molecule has 0 spiro atoms. The van der Waals surface area contributed by atoms with Crippen molar-refractivity contribution in [1.29, 1.82) is 0 Å². The van der Waals surface area contributed by atoms with Crippen molar-refractivity contribution in [1.82, 2.24) is 5.32 Å². The van der Waals surface area contributed by atoms with Crippen LogP contribution in [0.4, 0.5) is 0 Å². The number of amides is 1. The maximum Gasteiger partial charge on any atom is 0.224 e. The third-order valence-corrected chi connectivity index (χ3v) is 4.45. The van der Waals surface area contributed by atoms with Gasteiger partial charge in [0.15, 0.2) is 0 Å². The Bertz CT molecular complexity index is 249. The SMILES string of the molecule is NC1CCCCC1C(=O)NCC1CCCCC1. The lowest BCUT2D eigenvalue weighted by Crippen LogP contribution is -2.44. The molecule has 3 nitrogen and oxygen atoms in total. The van der Waals surface area contributed by atoms with Gasteiger partial charge in [0.2, 0.25) is 5.91 Å². The fraction of sp³-hybridized carbons (Fsp3) is 0.929. The number of nitrogens with two attached hydrogens (primary N) is 1. The van der Waals surface area contributed by atoms with Crippen LogP contribution in [0, 0.1) is 11.8 Å². The van der Waals surface area contributed by atoms with Crippen molar-refractivity contribution in [3.8, 4) is 0 Å². The molecule has 2 aliphatic carbocycles. The first-order valence-electron chi connectivity index (χ1n) is 7.30. The average Bonchev–Trinajstić information content (AvgIpc) is 2.38. The zero-order chi connectivity index (χ0) is 12.1. The number of hydrogen-bond donors (Lipinski definition) is 2. The Morgan fingerprint density at radius 3 is 2.35 bits per heavy atom. The standard InChI is InChI=1S/C14H26N2O/c15-13-9-5-4-8-12(13)14(17)16-10-11-6-2-1-3-7-11/h11-13H,1-10,15H2,(H,16,17). The molecular formula is C14H26N2O. The van der Waals surface area contributed by atoms with Crippen molar-refractivity contribution < 1.29 is 4.79 Å². The van der Waals surface area contributed by atoms with Crippen LogP contribution >= 0.6 is 0 Å². The maximum atomic E-state index is 12.1. The summed E-state index contributed by atoms with van der Waals surface area (Å²) >= 11 is 0. The van der Waals surface area contributed by atoms with Gasteiger partial charge in [0.1, 0.15) is 0 Å². The fourth-order valence-corrected chi connectivity index (χ4v) is 3.25. The number of carbonyl (C=O) groups excluding carboxylic acids is 1. The highest BCUT2D eigenvalue weighted by Crippen LogP contribution is 2.25. The van der Waals surface area contributed by atoms with Crippen LogP contribution in [-0.2, 0) is 4.79 Å². The Morgan fingerprint density at radius 2 is 1.65 bits per heavy atom. The lowest BCUT2D eigenvalue weighted by molar-refractivity contribution is -0.126. The average molecular weight is 238 g/mol. The first-order valence-corrected chi connectivity index (χ1v) is 7.30. The molecule has 2 rings (SSSR count). The van der Waals surface area contributed by atoms with E-state index >= 15 is 0 Å². The molecule has 2 atom stereocenters. The van der Waals surface area contributed by atoms with Crippen molar-refractivity contribution in [2.75, 3.05) is 6.54 Å². The van der Waals surface area contributed by atoms with Crippen LogP contribution < -0.4 is 11.1 Å². The minimum absolute atomic E-state index is 0.0762. The minimum atomic E-state index is 0.0762. The van der Waals surface area contributed by atoms with Gasteiger partial charge in [-0.25, -0.2) is 0 Å². The molecule has 2 saturated carbocycles. The van der Waals surface area contributed by atoms with Crippen LogP contribution in [0.25, 0.3) is 0 Å². The van der Waals surface area contributed by atoms with Gasteiger partial charge in [0, 0.05) is 12.6 Å². The molecule has 0 aliphatic heterocycles. The Morgan fingerprint density at radius 1 is 1.00 bits per heavy atom. The smallest absolute Gasteiger partial charge is 0.224 e. The van der Waals surface area contributed by atoms with Gasteiger partial charge in [-0.15, -0.1) is 0 Å². The molecule has 2 aliphatic rings. The van der Waals surface area contributed by atoms with Crippen molar-refractivity contribution in [2.45, 2.75) is 63.8 Å². The largest absolute Gasteiger partial charge is 0.356 e. The third-order valence-electron chi connectivity index (χ3n) is 4.45. The molecule has 1 amide bonds. The summed E-state index contributed by atoms with van der Waals surface area (Å²) in [7, 11) is 0. The van der Waals surface area contributed by atoms with E-state index in [9.17, 15) is 4.79 Å². The van der Waals surface area contributed by atoms with Crippen LogP contribution in [0.3, 0.4) is 0 Å². The Kier molecular flexibility index (Phi) is 4.84. The summed E-state index contributed by atoms with van der Waals surface area (Å²) in [6.07, 6.45) is 11.0. The van der Waals surface area contributed by atoms with Gasteiger partial charge in [0.25, 0.3) is 0 Å². The molecule has 0 heterocycles. The predicted molar refractivity (Wildman–Crippen MR) is 69.5 cm³/mol. The van der Waals surface area contributed by atoms with E-state index in [0.717, 1.165) is 25.8 Å². The third kappa shape index (κ3) is 3.70. The van der Waals surface area contributed by atoms with Crippen LogP contribution in [0.1, 0.15) is 57.8 Å². The zero-order valence-electron chi connectivity index (χ0n) is 10.8. The van der Waals surface area contributed by atoms with Gasteiger partial charge < -0.3 is 11.1 Å². The lowest BCUT2D eigenvalue weighted by Gasteiger charge is -2.29. The van der Waals surface area contributed by atoms with E-state index in [2.05, 4.69) is 5.32 Å². The second-order valence-corrected chi connectivity index (χ2v) is 5.80. The summed E-state index contributed by atoms with van der Waals surface area (Å²) in [4.78, 5) is 12.1. The highest BCUT2D eigenvalue weighted by atomic mass is 16.1. The summed E-state index contributed by atoms with van der Waals surface area (Å²) in [6.45, 7) is 0.877. The van der Waals surface area contributed by atoms with Gasteiger partial charge in [0.05, 0.1) is 5.92 Å². The van der Waals surface area contributed by atoms with E-state index in [4.69, 9.17) is 5.73 Å². The topological polar surface area (TPSA) is 55.1 Å². The molecule has 0 radical (unpaired) electrons. The summed E-state index contributed by atoms with van der Waals surface area (Å²) in [5.41, 5.74) is 6.03. The Balaban J connectivity index is 1.72. The molecule has 2 unspecified atom stereocenters. The second-order valence-electron chi connectivity index (χ2n) is 5.80. The van der Waals surface area contributed by atoms with Crippen molar-refractivity contribution in [2.24, 2.45) is 17.6 Å². The van der Waals surface area contributed by atoms with E-state index in [1.807, 2.05) is 0 Å². The molecule has 0 aromatic rings. The molecule has 17 heavy (non-hydrogen) atoms. The lowest BCUT2D eigenvalue weighted by atomic mass is 9.84. The highest BCUT2D eigenvalue weighted by molar-refractivity contribution is 5.79. The van der Waals surface area contributed by atoms with Gasteiger partial charge in [-0.1, -0.05) is 32.1 Å². The van der Waals surface area contributed by atoms with Gasteiger partial charge in [-0.2, -0.15) is 0 Å². The zero-order valence-corrected chi connectivity index (χ0v) is 10.8. The van der Waals surface area contributed by atoms with Crippen LogP contribution in [-0.4, -0.2) is 18.5 Å². The molecule has 0 bridgehead atoms. The van der Waals surface area contributed by atoms with Crippen molar-refractivity contribution in [3.05, 3.63) is 0 Å². The number of nitrogens with one attached hydrogen (secondary N) is 1. The van der Waals surface area contributed by atoms with Gasteiger partial charge in [-0.05, 0) is 31.6 Å².